The van der Waals surface area contributed by atoms with Crippen LogP contribution >= 0.6 is 0 Å². The van der Waals surface area contributed by atoms with Gasteiger partial charge in [-0.1, -0.05) is 63.3 Å². The van der Waals surface area contributed by atoms with Gasteiger partial charge in [0.2, 0.25) is 0 Å². The average molecular weight is 289 g/mol. The molecule has 0 saturated heterocycles. The molecule has 2 aliphatic rings. The summed E-state index contributed by atoms with van der Waals surface area (Å²) in [6, 6.07) is 13.1. The van der Waals surface area contributed by atoms with Crippen molar-refractivity contribution in [2.75, 3.05) is 5.73 Å². The van der Waals surface area contributed by atoms with Crippen LogP contribution in [0.25, 0.3) is 12.2 Å². The molecule has 0 saturated carbocycles. The molecule has 2 aromatic carbocycles. The molecule has 2 aliphatic carbocycles. The maximum Gasteiger partial charge on any atom is 0.0390 e. The van der Waals surface area contributed by atoms with Crippen LogP contribution in [0, 0.1) is 12.8 Å². The van der Waals surface area contributed by atoms with E-state index in [2.05, 4.69) is 70.2 Å². The summed E-state index contributed by atoms with van der Waals surface area (Å²) in [6.07, 6.45) is 4.89. The summed E-state index contributed by atoms with van der Waals surface area (Å²) < 4.78 is 0. The summed E-state index contributed by atoms with van der Waals surface area (Å²) in [5.41, 5.74) is 11.6. The lowest BCUT2D eigenvalue weighted by molar-refractivity contribution is 0.356. The fraction of sp³-hybridized carbons (Fsp3) is 0.333. The molecule has 4 rings (SSSR count). The van der Waals surface area contributed by atoms with E-state index in [-0.39, 0.29) is 10.8 Å². The van der Waals surface area contributed by atoms with Crippen LogP contribution in [0.5, 0.6) is 0 Å². The minimum Gasteiger partial charge on any atom is -0.398 e. The van der Waals surface area contributed by atoms with Gasteiger partial charge in [-0.2, -0.15) is 0 Å². The molecular formula is C21H23N. The molecule has 0 heterocycles. The van der Waals surface area contributed by atoms with Crippen LogP contribution in [0.4, 0.5) is 5.69 Å². The summed E-state index contributed by atoms with van der Waals surface area (Å²) in [6.45, 7) is 9.29. The van der Waals surface area contributed by atoms with Gasteiger partial charge in [-0.15, -0.1) is 0 Å². The first-order valence-electron chi connectivity index (χ1n) is 8.05. The van der Waals surface area contributed by atoms with E-state index in [9.17, 15) is 0 Å². The number of nitrogen functional groups attached to an aromatic ring is 1. The number of hydrogen-bond donors (Lipinski definition) is 1. The molecule has 0 bridgehead atoms. The molecule has 2 atom stereocenters. The fourth-order valence-electron chi connectivity index (χ4n) is 4.75. The average Bonchev–Trinajstić information content (AvgIpc) is 2.67. The largest absolute Gasteiger partial charge is 0.398 e. The predicted octanol–water partition coefficient (Wildman–Crippen LogP) is 3.02. The minimum atomic E-state index is 0.0473. The molecule has 22 heavy (non-hydrogen) atoms. The molecule has 0 fully saturated rings. The van der Waals surface area contributed by atoms with Crippen molar-refractivity contribution in [1.82, 2.24) is 0 Å². The van der Waals surface area contributed by atoms with E-state index in [1.54, 1.807) is 0 Å². The van der Waals surface area contributed by atoms with Gasteiger partial charge >= 0.3 is 0 Å². The highest BCUT2D eigenvalue weighted by molar-refractivity contribution is 5.68. The van der Waals surface area contributed by atoms with Crippen molar-refractivity contribution in [3.63, 3.8) is 0 Å². The van der Waals surface area contributed by atoms with Gasteiger partial charge in [0.1, 0.15) is 0 Å². The van der Waals surface area contributed by atoms with Crippen molar-refractivity contribution in [3.05, 3.63) is 63.5 Å². The Bertz CT molecular complexity index is 904. The summed E-state index contributed by atoms with van der Waals surface area (Å²) in [5, 5.41) is 2.54. The molecule has 2 unspecified atom stereocenters. The molecule has 1 nitrogen and oxygen atoms in total. The van der Waals surface area contributed by atoms with E-state index in [1.165, 1.54) is 27.1 Å². The molecule has 0 amide bonds. The van der Waals surface area contributed by atoms with Crippen LogP contribution in [0.3, 0.4) is 0 Å². The Hall–Kier alpha value is -2.02. The zero-order valence-corrected chi connectivity index (χ0v) is 13.8. The van der Waals surface area contributed by atoms with Crippen molar-refractivity contribution < 1.29 is 0 Å². The SMILES string of the molecule is Cc1ccc(N)c2c1=CC1(C)c3ccccc3C(C)(C)C1C=2. The number of hydrogen-bond acceptors (Lipinski definition) is 1. The van der Waals surface area contributed by atoms with Crippen molar-refractivity contribution in [2.24, 2.45) is 5.92 Å². The predicted molar refractivity (Wildman–Crippen MR) is 94.1 cm³/mol. The van der Waals surface area contributed by atoms with Gasteiger partial charge in [0, 0.05) is 16.3 Å². The number of anilines is 1. The van der Waals surface area contributed by atoms with Gasteiger partial charge < -0.3 is 5.73 Å². The topological polar surface area (TPSA) is 26.0 Å². The monoisotopic (exact) mass is 289 g/mol. The lowest BCUT2D eigenvalue weighted by Gasteiger charge is -2.37. The Balaban J connectivity index is 2.14. The summed E-state index contributed by atoms with van der Waals surface area (Å²) in [5.74, 6) is 0.439. The zero-order chi connectivity index (χ0) is 15.7. The lowest BCUT2D eigenvalue weighted by atomic mass is 9.66. The van der Waals surface area contributed by atoms with E-state index >= 15 is 0 Å². The standard InChI is InChI=1S/C21H23N/c1-13-9-10-18(22)14-11-19-20(2,3)16-7-5-6-8-17(16)21(19,4)12-15(13)14/h5-12,19H,22H2,1-4H3. The third-order valence-corrected chi connectivity index (χ3v) is 5.94. The smallest absolute Gasteiger partial charge is 0.0390 e. The Labute approximate surface area is 132 Å². The highest BCUT2D eigenvalue weighted by atomic mass is 14.6. The second-order valence-corrected chi connectivity index (χ2v) is 7.64. The van der Waals surface area contributed by atoms with E-state index in [0.29, 0.717) is 5.92 Å². The fourth-order valence-corrected chi connectivity index (χ4v) is 4.75. The first kappa shape index (κ1) is 13.6. The quantitative estimate of drug-likeness (QED) is 0.741. The Morgan fingerprint density at radius 2 is 1.59 bits per heavy atom. The number of benzene rings is 2. The van der Waals surface area contributed by atoms with Gasteiger partial charge in [0.05, 0.1) is 0 Å². The molecule has 0 aromatic heterocycles. The number of aryl methyl sites for hydroxylation is 1. The zero-order valence-electron chi connectivity index (χ0n) is 13.8. The van der Waals surface area contributed by atoms with Crippen LogP contribution in [-0.2, 0) is 10.8 Å². The van der Waals surface area contributed by atoms with Crippen LogP contribution in [-0.4, -0.2) is 0 Å². The highest BCUT2D eigenvalue weighted by Gasteiger charge is 2.51. The molecule has 0 spiro atoms. The first-order chi connectivity index (χ1) is 10.4. The molecule has 2 N–H and O–H groups in total. The Morgan fingerprint density at radius 3 is 2.32 bits per heavy atom. The van der Waals surface area contributed by atoms with Gasteiger partial charge in [-0.3, -0.25) is 0 Å². The molecule has 0 aliphatic heterocycles. The first-order valence-corrected chi connectivity index (χ1v) is 8.05. The third-order valence-electron chi connectivity index (χ3n) is 5.94. The highest BCUT2D eigenvalue weighted by Crippen LogP contribution is 2.55. The normalized spacial score (nSPS) is 27.2. The number of fused-ring (bicyclic) bond motifs is 4. The van der Waals surface area contributed by atoms with Crippen molar-refractivity contribution in [2.45, 2.75) is 38.5 Å². The third kappa shape index (κ3) is 1.49. The van der Waals surface area contributed by atoms with E-state index in [1.807, 2.05) is 6.07 Å². The van der Waals surface area contributed by atoms with E-state index in [0.717, 1.165) is 5.69 Å². The van der Waals surface area contributed by atoms with Crippen LogP contribution in [0.2, 0.25) is 0 Å². The second kappa shape index (κ2) is 4.04. The summed E-state index contributed by atoms with van der Waals surface area (Å²) in [4.78, 5) is 0. The maximum atomic E-state index is 6.28. The van der Waals surface area contributed by atoms with Gasteiger partial charge in [-0.05, 0) is 46.2 Å². The van der Waals surface area contributed by atoms with Crippen LogP contribution in [0.15, 0.2) is 36.4 Å². The minimum absolute atomic E-state index is 0.0473. The van der Waals surface area contributed by atoms with Gasteiger partial charge in [0.25, 0.3) is 0 Å². The number of rotatable bonds is 0. The van der Waals surface area contributed by atoms with Crippen molar-refractivity contribution >= 4 is 17.8 Å². The Kier molecular flexibility index (Phi) is 2.50. The van der Waals surface area contributed by atoms with E-state index < -0.39 is 0 Å². The van der Waals surface area contributed by atoms with Crippen LogP contribution < -0.4 is 16.2 Å². The second-order valence-electron chi connectivity index (χ2n) is 7.64. The van der Waals surface area contributed by atoms with Crippen molar-refractivity contribution in [3.8, 4) is 0 Å². The van der Waals surface area contributed by atoms with Crippen LogP contribution in [0.1, 0.15) is 37.5 Å². The summed E-state index contributed by atoms with van der Waals surface area (Å²) >= 11 is 0. The van der Waals surface area contributed by atoms with Gasteiger partial charge in [0.15, 0.2) is 0 Å². The van der Waals surface area contributed by atoms with Crippen molar-refractivity contribution in [1.29, 1.82) is 0 Å². The lowest BCUT2D eigenvalue weighted by Crippen LogP contribution is -2.44. The molecule has 112 valence electrons. The van der Waals surface area contributed by atoms with Gasteiger partial charge in [-0.25, -0.2) is 0 Å². The number of nitrogens with two attached hydrogens (primary N) is 1. The maximum absolute atomic E-state index is 6.28. The molecule has 2 aromatic rings. The molecule has 0 radical (unpaired) electrons. The Morgan fingerprint density at radius 1 is 0.909 bits per heavy atom. The molecule has 1 heteroatoms. The summed E-state index contributed by atoms with van der Waals surface area (Å²) in [7, 11) is 0. The molecular weight excluding hydrogens is 266 g/mol. The van der Waals surface area contributed by atoms with E-state index in [4.69, 9.17) is 5.73 Å².